The molecule has 4 atom stereocenters. The first kappa shape index (κ1) is 18.9. The number of anilines is 1. The maximum absolute atomic E-state index is 12.2. The lowest BCUT2D eigenvalue weighted by Gasteiger charge is -2.28. The van der Waals surface area contributed by atoms with E-state index < -0.39 is 0 Å². The highest BCUT2D eigenvalue weighted by atomic mass is 16.5. The number of ether oxygens (including phenoxy) is 1. The van der Waals surface area contributed by atoms with Gasteiger partial charge in [0.15, 0.2) is 0 Å². The largest absolute Gasteiger partial charge is 0.462 e. The Labute approximate surface area is 155 Å². The number of carbonyl (C=O) groups is 2. The van der Waals surface area contributed by atoms with Crippen LogP contribution in [0.1, 0.15) is 56.3 Å². The fraction of sp³-hybridized carbons (Fsp3) is 0.619. The van der Waals surface area contributed by atoms with Crippen molar-refractivity contribution in [2.45, 2.75) is 52.0 Å². The highest BCUT2D eigenvalue weighted by Gasteiger charge is 2.41. The standard InChI is InChI=1S/C21H30N2O3/c1-3-10-26-21(25)16-6-8-18(9-7-16)23-20(24)13-22-14(2)19-12-15-4-5-17(19)11-15/h6-9,14-15,17,19,22H,3-5,10-13H2,1-2H3,(H,23,24)/t14-,15+,17-,19-/m1/s1. The Kier molecular flexibility index (Phi) is 6.30. The maximum Gasteiger partial charge on any atom is 0.338 e. The van der Waals surface area contributed by atoms with Crippen molar-refractivity contribution in [3.8, 4) is 0 Å². The third-order valence-electron chi connectivity index (χ3n) is 5.86. The predicted molar refractivity (Wildman–Crippen MR) is 102 cm³/mol. The van der Waals surface area contributed by atoms with Crippen molar-refractivity contribution in [2.75, 3.05) is 18.5 Å². The third-order valence-corrected chi connectivity index (χ3v) is 5.86. The number of benzene rings is 1. The van der Waals surface area contributed by atoms with Gasteiger partial charge in [0.25, 0.3) is 0 Å². The monoisotopic (exact) mass is 358 g/mol. The fourth-order valence-electron chi connectivity index (χ4n) is 4.48. The van der Waals surface area contributed by atoms with Crippen LogP contribution < -0.4 is 10.6 Å². The minimum absolute atomic E-state index is 0.0543. The summed E-state index contributed by atoms with van der Waals surface area (Å²) in [6, 6.07) is 7.21. The van der Waals surface area contributed by atoms with E-state index in [9.17, 15) is 9.59 Å². The number of fused-ring (bicyclic) bond motifs is 2. The lowest BCUT2D eigenvalue weighted by Crippen LogP contribution is -2.40. The number of rotatable bonds is 8. The van der Waals surface area contributed by atoms with Gasteiger partial charge in [-0.3, -0.25) is 4.79 Å². The number of amides is 1. The quantitative estimate of drug-likeness (QED) is 0.697. The summed E-state index contributed by atoms with van der Waals surface area (Å²) in [5.41, 5.74) is 1.19. The summed E-state index contributed by atoms with van der Waals surface area (Å²) >= 11 is 0. The van der Waals surface area contributed by atoms with Crippen molar-refractivity contribution >= 4 is 17.6 Å². The van der Waals surface area contributed by atoms with Gasteiger partial charge in [-0.25, -0.2) is 4.79 Å². The highest BCUT2D eigenvalue weighted by Crippen LogP contribution is 2.49. The summed E-state index contributed by atoms with van der Waals surface area (Å²) in [5.74, 6) is 2.11. The molecule has 0 spiro atoms. The average Bonchev–Trinajstić information content (AvgIpc) is 3.28. The maximum atomic E-state index is 12.2. The van der Waals surface area contributed by atoms with Crippen LogP contribution in [0.25, 0.3) is 0 Å². The van der Waals surface area contributed by atoms with Crippen molar-refractivity contribution in [2.24, 2.45) is 17.8 Å². The van der Waals surface area contributed by atoms with Gasteiger partial charge < -0.3 is 15.4 Å². The number of hydrogen-bond acceptors (Lipinski definition) is 4. The van der Waals surface area contributed by atoms with Gasteiger partial charge in [-0.05, 0) is 74.6 Å². The Bertz CT molecular complexity index is 629. The van der Waals surface area contributed by atoms with Crippen molar-refractivity contribution in [1.82, 2.24) is 5.32 Å². The zero-order chi connectivity index (χ0) is 18.5. The smallest absolute Gasteiger partial charge is 0.338 e. The van der Waals surface area contributed by atoms with E-state index in [0.29, 0.717) is 30.4 Å². The minimum Gasteiger partial charge on any atom is -0.462 e. The SMILES string of the molecule is CCCOC(=O)c1ccc(NC(=O)CN[C@H](C)[C@H]2C[C@H]3CC[C@@H]2C3)cc1. The van der Waals surface area contributed by atoms with Crippen molar-refractivity contribution in [3.05, 3.63) is 29.8 Å². The second-order valence-electron chi connectivity index (χ2n) is 7.77. The molecule has 1 aromatic carbocycles. The fourth-order valence-corrected chi connectivity index (χ4v) is 4.48. The molecule has 1 aromatic rings. The van der Waals surface area contributed by atoms with E-state index in [-0.39, 0.29) is 11.9 Å². The van der Waals surface area contributed by atoms with Crippen molar-refractivity contribution < 1.29 is 14.3 Å². The molecule has 2 saturated carbocycles. The molecule has 5 nitrogen and oxygen atoms in total. The summed E-state index contributed by atoms with van der Waals surface area (Å²) in [4.78, 5) is 24.0. The molecule has 0 radical (unpaired) electrons. The topological polar surface area (TPSA) is 67.4 Å². The molecule has 0 heterocycles. The van der Waals surface area contributed by atoms with Gasteiger partial charge in [-0.2, -0.15) is 0 Å². The number of nitrogens with one attached hydrogen (secondary N) is 2. The van der Waals surface area contributed by atoms with E-state index in [1.807, 2.05) is 6.92 Å². The van der Waals surface area contributed by atoms with E-state index in [2.05, 4.69) is 17.6 Å². The molecule has 1 amide bonds. The third kappa shape index (κ3) is 4.64. The van der Waals surface area contributed by atoms with E-state index in [1.165, 1.54) is 25.7 Å². The molecular formula is C21H30N2O3. The van der Waals surface area contributed by atoms with E-state index >= 15 is 0 Å². The van der Waals surface area contributed by atoms with Crippen LogP contribution >= 0.6 is 0 Å². The molecule has 2 aliphatic rings. The van der Waals surface area contributed by atoms with Gasteiger partial charge >= 0.3 is 5.97 Å². The number of hydrogen-bond donors (Lipinski definition) is 2. The lowest BCUT2D eigenvalue weighted by atomic mass is 9.84. The van der Waals surface area contributed by atoms with E-state index in [4.69, 9.17) is 4.74 Å². The van der Waals surface area contributed by atoms with Crippen LogP contribution in [0.5, 0.6) is 0 Å². The Morgan fingerprint density at radius 3 is 2.58 bits per heavy atom. The van der Waals surface area contributed by atoms with Crippen molar-refractivity contribution in [1.29, 1.82) is 0 Å². The molecule has 2 N–H and O–H groups in total. The molecule has 2 fully saturated rings. The Morgan fingerprint density at radius 2 is 1.96 bits per heavy atom. The Balaban J connectivity index is 1.42. The number of carbonyl (C=O) groups excluding carboxylic acids is 2. The molecule has 5 heteroatoms. The lowest BCUT2D eigenvalue weighted by molar-refractivity contribution is -0.115. The van der Waals surface area contributed by atoms with Gasteiger partial charge in [0.05, 0.1) is 18.7 Å². The normalized spacial score (nSPS) is 25.1. The molecule has 0 aliphatic heterocycles. The molecule has 0 saturated heterocycles. The first-order valence-corrected chi connectivity index (χ1v) is 9.87. The van der Waals surface area contributed by atoms with Gasteiger partial charge in [0, 0.05) is 11.7 Å². The van der Waals surface area contributed by atoms with Crippen LogP contribution in [-0.4, -0.2) is 31.1 Å². The van der Waals surface area contributed by atoms with Gasteiger partial charge in [0.1, 0.15) is 0 Å². The van der Waals surface area contributed by atoms with Crippen LogP contribution in [0.15, 0.2) is 24.3 Å². The molecule has 26 heavy (non-hydrogen) atoms. The first-order chi connectivity index (χ1) is 12.6. The van der Waals surface area contributed by atoms with Gasteiger partial charge in [-0.1, -0.05) is 13.3 Å². The zero-order valence-corrected chi connectivity index (χ0v) is 15.8. The molecule has 3 rings (SSSR count). The minimum atomic E-state index is -0.328. The second-order valence-corrected chi connectivity index (χ2v) is 7.77. The van der Waals surface area contributed by atoms with Crippen molar-refractivity contribution in [3.63, 3.8) is 0 Å². The highest BCUT2D eigenvalue weighted by molar-refractivity contribution is 5.94. The Hall–Kier alpha value is -1.88. The van der Waals surface area contributed by atoms with Gasteiger partial charge in [0.2, 0.25) is 5.91 Å². The van der Waals surface area contributed by atoms with Crippen LogP contribution in [0.2, 0.25) is 0 Å². The first-order valence-electron chi connectivity index (χ1n) is 9.87. The van der Waals surface area contributed by atoms with Crippen LogP contribution in [0.4, 0.5) is 5.69 Å². The molecular weight excluding hydrogens is 328 g/mol. The second kappa shape index (κ2) is 8.67. The van der Waals surface area contributed by atoms with E-state index in [0.717, 1.165) is 24.2 Å². The summed E-state index contributed by atoms with van der Waals surface area (Å²) in [5, 5.41) is 6.27. The number of esters is 1. The molecule has 2 aliphatic carbocycles. The summed E-state index contributed by atoms with van der Waals surface area (Å²) in [6.45, 7) is 4.90. The predicted octanol–water partition coefficient (Wildman–Crippen LogP) is 3.61. The summed E-state index contributed by atoms with van der Waals surface area (Å²) in [6.07, 6.45) is 6.26. The van der Waals surface area contributed by atoms with Crippen LogP contribution in [-0.2, 0) is 9.53 Å². The zero-order valence-electron chi connectivity index (χ0n) is 15.8. The average molecular weight is 358 g/mol. The Morgan fingerprint density at radius 1 is 1.19 bits per heavy atom. The molecule has 0 unspecified atom stereocenters. The molecule has 2 bridgehead atoms. The van der Waals surface area contributed by atoms with Gasteiger partial charge in [-0.15, -0.1) is 0 Å². The summed E-state index contributed by atoms with van der Waals surface area (Å²) in [7, 11) is 0. The van der Waals surface area contributed by atoms with Crippen LogP contribution in [0.3, 0.4) is 0 Å². The molecule has 0 aromatic heterocycles. The summed E-state index contributed by atoms with van der Waals surface area (Å²) < 4.78 is 5.10. The van der Waals surface area contributed by atoms with Crippen LogP contribution in [0, 0.1) is 17.8 Å². The molecule has 142 valence electrons. The van der Waals surface area contributed by atoms with E-state index in [1.54, 1.807) is 24.3 Å².